The molecule has 41 heavy (non-hydrogen) atoms. The molecule has 1 heterocycles. The Kier molecular flexibility index (Phi) is 9.31. The SMILES string of the molecule is COC(=O)c1ccc(-c2ccc(C[C@@H](C)N(C[C@@H](O)c3ccc(Cl)nc3)C(=O)OC(C)(C)C)cc2)c2ccccc12. The second kappa shape index (κ2) is 12.7. The molecule has 1 N–H and O–H groups in total. The lowest BCUT2D eigenvalue weighted by atomic mass is 9.94. The summed E-state index contributed by atoms with van der Waals surface area (Å²) in [4.78, 5) is 31.1. The Balaban J connectivity index is 1.56. The molecule has 8 heteroatoms. The molecule has 0 saturated carbocycles. The van der Waals surface area contributed by atoms with Gasteiger partial charge in [-0.05, 0) is 73.7 Å². The van der Waals surface area contributed by atoms with E-state index in [-0.39, 0.29) is 18.6 Å². The van der Waals surface area contributed by atoms with Crippen molar-refractivity contribution in [3.8, 4) is 11.1 Å². The van der Waals surface area contributed by atoms with Crippen LogP contribution in [0.2, 0.25) is 5.15 Å². The fraction of sp³-hybridized carbons (Fsp3) is 0.303. The lowest BCUT2D eigenvalue weighted by Gasteiger charge is -2.33. The van der Waals surface area contributed by atoms with Crippen molar-refractivity contribution in [1.82, 2.24) is 9.88 Å². The molecule has 1 amide bonds. The molecule has 0 saturated heterocycles. The standard InChI is InChI=1S/C33H35ClN2O5/c1-21(36(32(39)41-33(2,3)4)20-29(37)24-14-17-30(34)35-19-24)18-22-10-12-23(13-11-22)25-15-16-28(31(38)40-5)27-9-7-6-8-26(25)27/h6-17,19,21,29,37H,18,20H2,1-5H3/t21-,29-/m1/s1. The quantitative estimate of drug-likeness (QED) is 0.176. The number of esters is 1. The van der Waals surface area contributed by atoms with E-state index < -0.39 is 17.8 Å². The first kappa shape index (κ1) is 30.0. The number of benzene rings is 3. The first-order valence-corrected chi connectivity index (χ1v) is 13.8. The normalized spacial score (nSPS) is 13.0. The van der Waals surface area contributed by atoms with Crippen LogP contribution in [0.15, 0.2) is 79.0 Å². The molecule has 0 bridgehead atoms. The minimum atomic E-state index is -0.960. The summed E-state index contributed by atoms with van der Waals surface area (Å²) >= 11 is 5.89. The van der Waals surface area contributed by atoms with Crippen molar-refractivity contribution in [2.24, 2.45) is 0 Å². The van der Waals surface area contributed by atoms with Crippen molar-refractivity contribution in [1.29, 1.82) is 0 Å². The van der Waals surface area contributed by atoms with Crippen LogP contribution in [0, 0.1) is 0 Å². The van der Waals surface area contributed by atoms with Gasteiger partial charge in [0.05, 0.1) is 25.3 Å². The minimum Gasteiger partial charge on any atom is -0.465 e. The van der Waals surface area contributed by atoms with Gasteiger partial charge in [0.2, 0.25) is 0 Å². The summed E-state index contributed by atoms with van der Waals surface area (Å²) in [6.07, 6.45) is 0.594. The maximum absolute atomic E-state index is 13.2. The summed E-state index contributed by atoms with van der Waals surface area (Å²) in [7, 11) is 1.38. The van der Waals surface area contributed by atoms with Crippen molar-refractivity contribution in [2.75, 3.05) is 13.7 Å². The highest BCUT2D eigenvalue weighted by Gasteiger charge is 2.28. The van der Waals surface area contributed by atoms with Gasteiger partial charge in [-0.15, -0.1) is 0 Å². The van der Waals surface area contributed by atoms with E-state index in [1.807, 2.05) is 82.3 Å². The molecule has 0 aliphatic heterocycles. The fourth-order valence-electron chi connectivity index (χ4n) is 4.74. The number of carbonyl (C=O) groups excluding carboxylic acids is 2. The predicted molar refractivity (Wildman–Crippen MR) is 161 cm³/mol. The van der Waals surface area contributed by atoms with Crippen LogP contribution in [-0.4, -0.2) is 52.4 Å². The number of methoxy groups -OCH3 is 1. The van der Waals surface area contributed by atoms with Crippen molar-refractivity contribution in [2.45, 2.75) is 51.9 Å². The van der Waals surface area contributed by atoms with E-state index >= 15 is 0 Å². The number of carbonyl (C=O) groups is 2. The molecule has 0 unspecified atom stereocenters. The maximum Gasteiger partial charge on any atom is 0.410 e. The van der Waals surface area contributed by atoms with Crippen LogP contribution < -0.4 is 0 Å². The highest BCUT2D eigenvalue weighted by atomic mass is 35.5. The third-order valence-electron chi connectivity index (χ3n) is 6.79. The molecule has 2 atom stereocenters. The number of pyridine rings is 1. The molecule has 4 rings (SSSR count). The Labute approximate surface area is 245 Å². The molecular weight excluding hydrogens is 540 g/mol. The average molecular weight is 575 g/mol. The van der Waals surface area contributed by atoms with Gasteiger partial charge in [0, 0.05) is 17.8 Å². The number of aromatic nitrogens is 1. The largest absolute Gasteiger partial charge is 0.465 e. The van der Waals surface area contributed by atoms with Crippen LogP contribution in [0.25, 0.3) is 21.9 Å². The van der Waals surface area contributed by atoms with Gasteiger partial charge >= 0.3 is 12.1 Å². The molecule has 7 nitrogen and oxygen atoms in total. The van der Waals surface area contributed by atoms with Crippen LogP contribution in [0.1, 0.15) is 55.3 Å². The van der Waals surface area contributed by atoms with Crippen molar-refractivity contribution in [3.63, 3.8) is 0 Å². The molecule has 3 aromatic carbocycles. The lowest BCUT2D eigenvalue weighted by Crippen LogP contribution is -2.45. The van der Waals surface area contributed by atoms with E-state index in [2.05, 4.69) is 4.98 Å². The van der Waals surface area contributed by atoms with Gasteiger partial charge in [-0.2, -0.15) is 0 Å². The van der Waals surface area contributed by atoms with Crippen LogP contribution in [-0.2, 0) is 15.9 Å². The number of rotatable bonds is 8. The first-order valence-electron chi connectivity index (χ1n) is 13.5. The second-order valence-electron chi connectivity index (χ2n) is 11.0. The van der Waals surface area contributed by atoms with E-state index in [9.17, 15) is 14.7 Å². The third-order valence-corrected chi connectivity index (χ3v) is 7.01. The zero-order chi connectivity index (χ0) is 29.7. The second-order valence-corrected chi connectivity index (χ2v) is 11.4. The number of aliphatic hydroxyl groups is 1. The number of hydrogen-bond donors (Lipinski definition) is 1. The number of ether oxygens (including phenoxy) is 2. The highest BCUT2D eigenvalue weighted by Crippen LogP contribution is 2.32. The van der Waals surface area contributed by atoms with Crippen LogP contribution in [0.3, 0.4) is 0 Å². The minimum absolute atomic E-state index is 0.0377. The smallest absolute Gasteiger partial charge is 0.410 e. The summed E-state index contributed by atoms with van der Waals surface area (Å²) in [6.45, 7) is 7.41. The summed E-state index contributed by atoms with van der Waals surface area (Å²) in [5.41, 5.74) is 3.43. The number of nitrogens with zero attached hydrogens (tertiary/aromatic N) is 2. The Hall–Kier alpha value is -3.94. The van der Waals surface area contributed by atoms with Gasteiger partial charge in [-0.3, -0.25) is 0 Å². The third kappa shape index (κ3) is 7.43. The lowest BCUT2D eigenvalue weighted by molar-refractivity contribution is 0.00543. The molecule has 0 spiro atoms. The van der Waals surface area contributed by atoms with Crippen LogP contribution in [0.4, 0.5) is 4.79 Å². The topological polar surface area (TPSA) is 89.0 Å². The Morgan fingerprint density at radius 3 is 2.27 bits per heavy atom. The average Bonchev–Trinajstić information content (AvgIpc) is 2.94. The van der Waals surface area contributed by atoms with Crippen molar-refractivity contribution >= 4 is 34.4 Å². The zero-order valence-electron chi connectivity index (χ0n) is 23.9. The monoisotopic (exact) mass is 574 g/mol. The van der Waals surface area contributed by atoms with Gasteiger partial charge in [0.25, 0.3) is 0 Å². The molecule has 0 radical (unpaired) electrons. The molecule has 1 aromatic heterocycles. The summed E-state index contributed by atoms with van der Waals surface area (Å²) in [5, 5.41) is 13.0. The van der Waals surface area contributed by atoms with E-state index in [0.717, 1.165) is 27.5 Å². The summed E-state index contributed by atoms with van der Waals surface area (Å²) in [6, 6.07) is 22.6. The first-order chi connectivity index (χ1) is 19.5. The van der Waals surface area contributed by atoms with Gasteiger partial charge in [-0.1, -0.05) is 72.3 Å². The maximum atomic E-state index is 13.2. The van der Waals surface area contributed by atoms with E-state index in [1.165, 1.54) is 13.3 Å². The van der Waals surface area contributed by atoms with Crippen LogP contribution >= 0.6 is 11.6 Å². The number of fused-ring (bicyclic) bond motifs is 1. The van der Waals surface area contributed by atoms with E-state index in [0.29, 0.717) is 22.7 Å². The molecule has 214 valence electrons. The highest BCUT2D eigenvalue weighted by molar-refractivity contribution is 6.29. The van der Waals surface area contributed by atoms with Crippen LogP contribution in [0.5, 0.6) is 0 Å². The Morgan fingerprint density at radius 1 is 0.976 bits per heavy atom. The summed E-state index contributed by atoms with van der Waals surface area (Å²) < 4.78 is 10.6. The summed E-state index contributed by atoms with van der Waals surface area (Å²) in [5.74, 6) is -0.371. The molecule has 4 aromatic rings. The Morgan fingerprint density at radius 2 is 1.66 bits per heavy atom. The Bertz CT molecular complexity index is 1510. The number of aliphatic hydroxyl groups excluding tert-OH is 1. The van der Waals surface area contributed by atoms with Crippen molar-refractivity contribution < 1.29 is 24.2 Å². The molecule has 0 aliphatic carbocycles. The molecule has 0 aliphatic rings. The fourth-order valence-corrected chi connectivity index (χ4v) is 4.85. The van der Waals surface area contributed by atoms with Gasteiger partial charge in [0.1, 0.15) is 10.8 Å². The zero-order valence-corrected chi connectivity index (χ0v) is 24.7. The number of hydrogen-bond acceptors (Lipinski definition) is 6. The number of halogens is 1. The van der Waals surface area contributed by atoms with Gasteiger partial charge in [0.15, 0.2) is 0 Å². The van der Waals surface area contributed by atoms with Gasteiger partial charge in [-0.25, -0.2) is 14.6 Å². The molecular formula is C33H35ClN2O5. The van der Waals surface area contributed by atoms with E-state index in [1.54, 1.807) is 23.1 Å². The van der Waals surface area contributed by atoms with Gasteiger partial charge < -0.3 is 19.5 Å². The predicted octanol–water partition coefficient (Wildman–Crippen LogP) is 7.24. The van der Waals surface area contributed by atoms with E-state index in [4.69, 9.17) is 21.1 Å². The number of amides is 1. The van der Waals surface area contributed by atoms with Crippen molar-refractivity contribution in [3.05, 3.63) is 101 Å². The molecule has 0 fully saturated rings.